The Kier molecular flexibility index (Phi) is 3.83. The second-order valence-electron chi connectivity index (χ2n) is 4.18. The summed E-state index contributed by atoms with van der Waals surface area (Å²) in [4.78, 5) is 0. The second kappa shape index (κ2) is 4.73. The molecule has 2 nitrogen and oxygen atoms in total. The molecule has 1 aromatic rings. The highest BCUT2D eigenvalue weighted by atomic mass is 19.1. The fourth-order valence-electron chi connectivity index (χ4n) is 1.60. The van der Waals surface area contributed by atoms with E-state index in [0.717, 1.165) is 11.1 Å². The summed E-state index contributed by atoms with van der Waals surface area (Å²) in [5, 5.41) is 9.94. The van der Waals surface area contributed by atoms with Crippen molar-refractivity contribution in [3.63, 3.8) is 0 Å². The maximum absolute atomic E-state index is 13.0. The zero-order valence-electron chi connectivity index (χ0n) is 9.38. The predicted octanol–water partition coefficient (Wildman–Crippen LogP) is 2.07. The number of hydrogen-bond acceptors (Lipinski definition) is 2. The molecule has 0 aromatic heterocycles. The highest BCUT2D eigenvalue weighted by molar-refractivity contribution is 5.27. The van der Waals surface area contributed by atoms with Gasteiger partial charge < -0.3 is 9.84 Å². The van der Waals surface area contributed by atoms with Crippen molar-refractivity contribution in [2.24, 2.45) is 0 Å². The van der Waals surface area contributed by atoms with Gasteiger partial charge in [-0.1, -0.05) is 6.07 Å². The highest BCUT2D eigenvalue weighted by Crippen LogP contribution is 2.18. The fraction of sp³-hybridized carbons (Fsp3) is 0.500. The number of aliphatic hydroxyl groups is 1. The third-order valence-corrected chi connectivity index (χ3v) is 2.34. The van der Waals surface area contributed by atoms with E-state index in [1.54, 1.807) is 13.0 Å². The summed E-state index contributed by atoms with van der Waals surface area (Å²) >= 11 is 0. The summed E-state index contributed by atoms with van der Waals surface area (Å²) in [5.74, 6) is -0.274. The summed E-state index contributed by atoms with van der Waals surface area (Å²) in [7, 11) is 1.53. The van der Waals surface area contributed by atoms with Gasteiger partial charge in [0.1, 0.15) is 5.82 Å². The van der Waals surface area contributed by atoms with E-state index >= 15 is 0 Å². The van der Waals surface area contributed by atoms with Crippen molar-refractivity contribution >= 4 is 0 Å². The second-order valence-corrected chi connectivity index (χ2v) is 4.18. The van der Waals surface area contributed by atoms with Crippen LogP contribution >= 0.6 is 0 Å². The Balaban J connectivity index is 2.83. The molecule has 0 saturated carbocycles. The van der Waals surface area contributed by atoms with Crippen LogP contribution in [0.15, 0.2) is 18.2 Å². The monoisotopic (exact) mass is 212 g/mol. The lowest BCUT2D eigenvalue weighted by Crippen LogP contribution is -2.33. The van der Waals surface area contributed by atoms with Crippen molar-refractivity contribution in [3.8, 4) is 0 Å². The highest BCUT2D eigenvalue weighted by Gasteiger charge is 2.21. The maximum atomic E-state index is 13.0. The molecule has 0 heterocycles. The van der Waals surface area contributed by atoms with Crippen LogP contribution in [0.25, 0.3) is 0 Å². The van der Waals surface area contributed by atoms with Crippen molar-refractivity contribution in [3.05, 3.63) is 35.1 Å². The van der Waals surface area contributed by atoms with E-state index < -0.39 is 5.60 Å². The molecule has 3 heteroatoms. The minimum Gasteiger partial charge on any atom is -0.387 e. The Morgan fingerprint density at radius 1 is 1.47 bits per heavy atom. The van der Waals surface area contributed by atoms with Crippen LogP contribution in [0.1, 0.15) is 18.1 Å². The first kappa shape index (κ1) is 12.1. The lowest BCUT2D eigenvalue weighted by atomic mass is 9.94. The normalized spacial score (nSPS) is 15.0. The lowest BCUT2D eigenvalue weighted by molar-refractivity contribution is -0.0162. The van der Waals surface area contributed by atoms with Gasteiger partial charge >= 0.3 is 0 Å². The van der Waals surface area contributed by atoms with E-state index in [4.69, 9.17) is 4.74 Å². The Labute approximate surface area is 89.7 Å². The third kappa shape index (κ3) is 3.61. The molecule has 0 fully saturated rings. The quantitative estimate of drug-likeness (QED) is 0.828. The van der Waals surface area contributed by atoms with Gasteiger partial charge in [-0.2, -0.15) is 0 Å². The molecular formula is C12H17FO2. The summed E-state index contributed by atoms with van der Waals surface area (Å²) in [6.07, 6.45) is 0.393. The number of methoxy groups -OCH3 is 1. The number of ether oxygens (including phenoxy) is 1. The Morgan fingerprint density at radius 3 is 2.73 bits per heavy atom. The van der Waals surface area contributed by atoms with Gasteiger partial charge in [0.15, 0.2) is 0 Å². The smallest absolute Gasteiger partial charge is 0.123 e. The molecule has 0 aliphatic carbocycles. The SMILES string of the molecule is COCC(C)(O)Cc1cc(F)ccc1C. The van der Waals surface area contributed by atoms with E-state index in [2.05, 4.69) is 0 Å². The first-order valence-corrected chi connectivity index (χ1v) is 4.91. The summed E-state index contributed by atoms with van der Waals surface area (Å²) in [6.45, 7) is 3.82. The van der Waals surface area contributed by atoms with Gasteiger partial charge in [-0.25, -0.2) is 4.39 Å². The van der Waals surface area contributed by atoms with Gasteiger partial charge in [-0.15, -0.1) is 0 Å². The molecule has 1 N–H and O–H groups in total. The molecule has 0 radical (unpaired) electrons. The standard InChI is InChI=1S/C12H17FO2/c1-9-4-5-11(13)6-10(9)7-12(2,14)8-15-3/h4-6,14H,7-8H2,1-3H3. The van der Waals surface area contributed by atoms with Crippen molar-refractivity contribution in [1.82, 2.24) is 0 Å². The first-order chi connectivity index (χ1) is 6.94. The first-order valence-electron chi connectivity index (χ1n) is 4.91. The topological polar surface area (TPSA) is 29.5 Å². The zero-order valence-corrected chi connectivity index (χ0v) is 9.38. The molecule has 15 heavy (non-hydrogen) atoms. The van der Waals surface area contributed by atoms with Gasteiger partial charge in [0, 0.05) is 13.5 Å². The molecule has 84 valence electrons. The van der Waals surface area contributed by atoms with Crippen LogP contribution < -0.4 is 0 Å². The molecule has 0 aliphatic rings. The van der Waals surface area contributed by atoms with E-state index in [1.807, 2.05) is 6.92 Å². The van der Waals surface area contributed by atoms with Gasteiger partial charge in [0.25, 0.3) is 0 Å². The average Bonchev–Trinajstić information content (AvgIpc) is 2.10. The summed E-state index contributed by atoms with van der Waals surface area (Å²) < 4.78 is 17.9. The van der Waals surface area contributed by atoms with Crippen LogP contribution in [-0.2, 0) is 11.2 Å². The third-order valence-electron chi connectivity index (χ3n) is 2.34. The molecule has 1 atom stereocenters. The van der Waals surface area contributed by atoms with Crippen LogP contribution in [-0.4, -0.2) is 24.4 Å². The number of halogens is 1. The number of aryl methyl sites for hydroxylation is 1. The van der Waals surface area contributed by atoms with Gasteiger partial charge in [-0.05, 0) is 37.1 Å². The van der Waals surface area contributed by atoms with Crippen molar-refractivity contribution in [1.29, 1.82) is 0 Å². The minimum atomic E-state index is -0.951. The van der Waals surface area contributed by atoms with Crippen molar-refractivity contribution < 1.29 is 14.2 Å². The Morgan fingerprint density at radius 2 is 2.13 bits per heavy atom. The largest absolute Gasteiger partial charge is 0.387 e. The fourth-order valence-corrected chi connectivity index (χ4v) is 1.60. The molecule has 0 amide bonds. The molecule has 0 aliphatic heterocycles. The molecule has 1 aromatic carbocycles. The molecular weight excluding hydrogens is 195 g/mol. The number of rotatable bonds is 4. The van der Waals surface area contributed by atoms with Gasteiger partial charge in [-0.3, -0.25) is 0 Å². The van der Waals surface area contributed by atoms with E-state index in [9.17, 15) is 9.50 Å². The zero-order chi connectivity index (χ0) is 11.5. The molecule has 0 spiro atoms. The average molecular weight is 212 g/mol. The maximum Gasteiger partial charge on any atom is 0.123 e. The Bertz CT molecular complexity index is 334. The van der Waals surface area contributed by atoms with Crippen LogP contribution in [0.5, 0.6) is 0 Å². The molecule has 1 rings (SSSR count). The van der Waals surface area contributed by atoms with E-state index in [-0.39, 0.29) is 12.4 Å². The molecule has 0 saturated heterocycles. The number of benzene rings is 1. The van der Waals surface area contributed by atoms with Crippen LogP contribution in [0.4, 0.5) is 4.39 Å². The van der Waals surface area contributed by atoms with Crippen LogP contribution in [0.2, 0.25) is 0 Å². The van der Waals surface area contributed by atoms with Crippen LogP contribution in [0.3, 0.4) is 0 Å². The predicted molar refractivity (Wildman–Crippen MR) is 57.3 cm³/mol. The van der Waals surface area contributed by atoms with Gasteiger partial charge in [0.05, 0.1) is 12.2 Å². The van der Waals surface area contributed by atoms with E-state index in [1.165, 1.54) is 19.2 Å². The summed E-state index contributed by atoms with van der Waals surface area (Å²) in [6, 6.07) is 4.59. The van der Waals surface area contributed by atoms with E-state index in [0.29, 0.717) is 6.42 Å². The van der Waals surface area contributed by atoms with Crippen LogP contribution in [0, 0.1) is 12.7 Å². The molecule has 0 bridgehead atoms. The van der Waals surface area contributed by atoms with Crippen molar-refractivity contribution in [2.75, 3.05) is 13.7 Å². The minimum absolute atomic E-state index is 0.239. The lowest BCUT2D eigenvalue weighted by Gasteiger charge is -2.23. The number of hydrogen-bond donors (Lipinski definition) is 1. The molecule has 1 unspecified atom stereocenters. The Hall–Kier alpha value is -0.930. The van der Waals surface area contributed by atoms with Gasteiger partial charge in [0.2, 0.25) is 0 Å². The summed E-state index contributed by atoms with van der Waals surface area (Å²) in [5.41, 5.74) is 0.845. The van der Waals surface area contributed by atoms with Crippen molar-refractivity contribution in [2.45, 2.75) is 25.9 Å².